The lowest BCUT2D eigenvalue weighted by Crippen LogP contribution is -2.10. The Hall–Kier alpha value is -2.35. The first kappa shape index (κ1) is 16.0. The summed E-state index contributed by atoms with van der Waals surface area (Å²) in [6.07, 6.45) is 3.34. The van der Waals surface area contributed by atoms with Crippen LogP contribution in [0, 0.1) is 0 Å². The molecule has 0 saturated heterocycles. The molecule has 0 heterocycles. The van der Waals surface area contributed by atoms with E-state index in [4.69, 9.17) is 4.74 Å². The minimum atomic E-state index is 0.0316. The average Bonchev–Trinajstić information content (AvgIpc) is 2.45. The Balaban J connectivity index is 2.14. The van der Waals surface area contributed by atoms with Gasteiger partial charge in [-0.25, -0.2) is 0 Å². The fourth-order valence-electron chi connectivity index (χ4n) is 2.05. The van der Waals surface area contributed by atoms with E-state index in [0.29, 0.717) is 0 Å². The van der Waals surface area contributed by atoms with Crippen LogP contribution in [0.2, 0.25) is 0 Å². The molecule has 2 aromatic carbocycles. The molecule has 0 aromatic heterocycles. The van der Waals surface area contributed by atoms with Crippen molar-refractivity contribution in [2.75, 3.05) is 0 Å². The van der Waals surface area contributed by atoms with Gasteiger partial charge in [-0.3, -0.25) is 4.79 Å². The molecule has 114 valence electrons. The summed E-state index contributed by atoms with van der Waals surface area (Å²) < 4.78 is 5.87. The van der Waals surface area contributed by atoms with E-state index in [9.17, 15) is 4.79 Å². The van der Waals surface area contributed by atoms with Crippen LogP contribution in [0.25, 0.3) is 6.08 Å². The second kappa shape index (κ2) is 6.61. The summed E-state index contributed by atoms with van der Waals surface area (Å²) in [6, 6.07) is 15.8. The number of hydrogen-bond donors (Lipinski definition) is 0. The van der Waals surface area contributed by atoms with Crippen LogP contribution in [0.3, 0.4) is 0 Å². The standard InChI is InChI=1S/C20H22O2/c1-15(21)8-9-16-6-5-7-19(14-16)22-18-12-10-17(11-13-18)20(2,3)4/h5-14H,1-4H3/b9-8+. The fraction of sp³-hybridized carbons (Fsp3) is 0.250. The van der Waals surface area contributed by atoms with Crippen molar-refractivity contribution in [1.82, 2.24) is 0 Å². The van der Waals surface area contributed by atoms with E-state index in [2.05, 4.69) is 32.9 Å². The molecule has 0 radical (unpaired) electrons. The SMILES string of the molecule is CC(=O)/C=C/c1cccc(Oc2ccc(C(C)(C)C)cc2)c1. The largest absolute Gasteiger partial charge is 0.457 e. The summed E-state index contributed by atoms with van der Waals surface area (Å²) in [5.41, 5.74) is 2.35. The molecule has 0 amide bonds. The highest BCUT2D eigenvalue weighted by molar-refractivity contribution is 5.91. The van der Waals surface area contributed by atoms with Crippen molar-refractivity contribution >= 4 is 11.9 Å². The van der Waals surface area contributed by atoms with E-state index in [-0.39, 0.29) is 11.2 Å². The normalized spacial score (nSPS) is 11.6. The van der Waals surface area contributed by atoms with Crippen molar-refractivity contribution in [3.8, 4) is 11.5 Å². The Bertz CT molecular complexity index is 674. The molecule has 0 fully saturated rings. The predicted molar refractivity (Wildman–Crippen MR) is 91.4 cm³/mol. The molecule has 0 unspecified atom stereocenters. The number of benzene rings is 2. The van der Waals surface area contributed by atoms with E-state index in [1.54, 1.807) is 12.2 Å². The number of hydrogen-bond acceptors (Lipinski definition) is 2. The van der Waals surface area contributed by atoms with Crippen LogP contribution < -0.4 is 4.74 Å². The maximum absolute atomic E-state index is 11.0. The zero-order chi connectivity index (χ0) is 16.2. The molecule has 0 aliphatic rings. The molecule has 0 aliphatic carbocycles. The van der Waals surface area contributed by atoms with E-state index < -0.39 is 0 Å². The number of ketones is 1. The molecule has 2 rings (SSSR count). The quantitative estimate of drug-likeness (QED) is 0.708. The van der Waals surface area contributed by atoms with E-state index in [1.165, 1.54) is 12.5 Å². The summed E-state index contributed by atoms with van der Waals surface area (Å²) in [6.45, 7) is 8.10. The van der Waals surface area contributed by atoms with Crippen molar-refractivity contribution in [3.05, 3.63) is 65.7 Å². The van der Waals surface area contributed by atoms with Crippen molar-refractivity contribution in [1.29, 1.82) is 0 Å². The van der Waals surface area contributed by atoms with Crippen molar-refractivity contribution in [3.63, 3.8) is 0 Å². The molecule has 22 heavy (non-hydrogen) atoms. The molecule has 0 spiro atoms. The van der Waals surface area contributed by atoms with Gasteiger partial charge in [-0.2, -0.15) is 0 Å². The third-order valence-electron chi connectivity index (χ3n) is 3.32. The van der Waals surface area contributed by atoms with Crippen LogP contribution in [0.1, 0.15) is 38.8 Å². The van der Waals surface area contributed by atoms with Crippen LogP contribution in [0.15, 0.2) is 54.6 Å². The van der Waals surface area contributed by atoms with Gasteiger partial charge >= 0.3 is 0 Å². The highest BCUT2D eigenvalue weighted by Gasteiger charge is 2.13. The first-order chi connectivity index (χ1) is 10.3. The number of carbonyl (C=O) groups is 1. The van der Waals surface area contributed by atoms with E-state index >= 15 is 0 Å². The van der Waals surface area contributed by atoms with Gasteiger partial charge in [0.25, 0.3) is 0 Å². The zero-order valence-electron chi connectivity index (χ0n) is 13.6. The molecule has 0 aliphatic heterocycles. The van der Waals surface area contributed by atoms with Crippen molar-refractivity contribution in [2.45, 2.75) is 33.1 Å². The van der Waals surface area contributed by atoms with Crippen LogP contribution in [-0.4, -0.2) is 5.78 Å². The summed E-state index contributed by atoms with van der Waals surface area (Å²) in [5.74, 6) is 1.60. The minimum absolute atomic E-state index is 0.0316. The lowest BCUT2D eigenvalue weighted by molar-refractivity contribution is -0.112. The molecule has 0 atom stereocenters. The van der Waals surface area contributed by atoms with Gasteiger partial charge in [0, 0.05) is 0 Å². The second-order valence-electron chi connectivity index (χ2n) is 6.39. The Kier molecular flexibility index (Phi) is 4.81. The van der Waals surface area contributed by atoms with Crippen molar-refractivity contribution in [2.24, 2.45) is 0 Å². The Labute approximate surface area is 132 Å². The van der Waals surface area contributed by atoms with Gasteiger partial charge in [-0.05, 0) is 53.8 Å². The summed E-state index contributed by atoms with van der Waals surface area (Å²) in [5, 5.41) is 0. The molecule has 2 aromatic rings. The van der Waals surface area contributed by atoms with Gasteiger partial charge in [-0.15, -0.1) is 0 Å². The first-order valence-electron chi connectivity index (χ1n) is 7.42. The topological polar surface area (TPSA) is 26.3 Å². The molecule has 0 N–H and O–H groups in total. The molecular formula is C20H22O2. The lowest BCUT2D eigenvalue weighted by Gasteiger charge is -2.19. The summed E-state index contributed by atoms with van der Waals surface area (Å²) in [7, 11) is 0. The smallest absolute Gasteiger partial charge is 0.152 e. The van der Waals surface area contributed by atoms with Crippen LogP contribution in [-0.2, 0) is 10.2 Å². The fourth-order valence-corrected chi connectivity index (χ4v) is 2.05. The third-order valence-corrected chi connectivity index (χ3v) is 3.32. The van der Waals surface area contributed by atoms with Crippen molar-refractivity contribution < 1.29 is 9.53 Å². The Morgan fingerprint density at radius 2 is 1.68 bits per heavy atom. The summed E-state index contributed by atoms with van der Waals surface area (Å²) in [4.78, 5) is 11.0. The van der Waals surface area contributed by atoms with E-state index in [1.807, 2.05) is 36.4 Å². The monoisotopic (exact) mass is 294 g/mol. The highest BCUT2D eigenvalue weighted by atomic mass is 16.5. The van der Waals surface area contributed by atoms with Gasteiger partial charge < -0.3 is 4.74 Å². The number of ether oxygens (including phenoxy) is 1. The number of carbonyl (C=O) groups excluding carboxylic acids is 1. The van der Waals surface area contributed by atoms with Crippen LogP contribution in [0.5, 0.6) is 11.5 Å². The van der Waals surface area contributed by atoms with E-state index in [0.717, 1.165) is 17.1 Å². The second-order valence-corrected chi connectivity index (χ2v) is 6.39. The van der Waals surface area contributed by atoms with Gasteiger partial charge in [0.1, 0.15) is 11.5 Å². The van der Waals surface area contributed by atoms with Gasteiger partial charge in [0.05, 0.1) is 0 Å². The minimum Gasteiger partial charge on any atom is -0.457 e. The maximum atomic E-state index is 11.0. The first-order valence-corrected chi connectivity index (χ1v) is 7.42. The maximum Gasteiger partial charge on any atom is 0.152 e. The molecule has 2 heteroatoms. The van der Waals surface area contributed by atoms with Gasteiger partial charge in [0.2, 0.25) is 0 Å². The summed E-state index contributed by atoms with van der Waals surface area (Å²) >= 11 is 0. The highest BCUT2D eigenvalue weighted by Crippen LogP contribution is 2.27. The van der Waals surface area contributed by atoms with Gasteiger partial charge in [-0.1, -0.05) is 51.1 Å². The predicted octanol–water partition coefficient (Wildman–Crippen LogP) is 5.38. The Morgan fingerprint density at radius 3 is 2.27 bits per heavy atom. The van der Waals surface area contributed by atoms with Crippen LogP contribution in [0.4, 0.5) is 0 Å². The number of allylic oxidation sites excluding steroid dienone is 1. The zero-order valence-corrected chi connectivity index (χ0v) is 13.6. The lowest BCUT2D eigenvalue weighted by atomic mass is 9.87. The van der Waals surface area contributed by atoms with Crippen LogP contribution >= 0.6 is 0 Å². The molecule has 0 bridgehead atoms. The third kappa shape index (κ3) is 4.59. The molecular weight excluding hydrogens is 272 g/mol. The Morgan fingerprint density at radius 1 is 1.00 bits per heavy atom. The number of rotatable bonds is 4. The van der Waals surface area contributed by atoms with Gasteiger partial charge in [0.15, 0.2) is 5.78 Å². The molecule has 2 nitrogen and oxygen atoms in total. The average molecular weight is 294 g/mol. The molecule has 0 saturated carbocycles.